The first-order chi connectivity index (χ1) is 7.58. The van der Waals surface area contributed by atoms with Crippen molar-refractivity contribution in [2.24, 2.45) is 10.9 Å². The number of nitrogens with two attached hydrogens (primary N) is 1. The Bertz CT molecular complexity index is 410. The molecular formula is C9H11Br2N3O2. The van der Waals surface area contributed by atoms with E-state index in [-0.39, 0.29) is 12.4 Å². The standard InChI is InChI=1S/C9H11Br2N3O2/c1-16-8-3-7(5(10)2-6(8)11)13-4-9(12)14-15/h2-3,13,15H,4H2,1H3,(H2,12,14). The van der Waals surface area contributed by atoms with Crippen molar-refractivity contribution < 1.29 is 9.94 Å². The third-order valence-electron chi connectivity index (χ3n) is 1.83. The van der Waals surface area contributed by atoms with Gasteiger partial charge in [0.05, 0.1) is 23.8 Å². The molecule has 7 heteroatoms. The Morgan fingerprint density at radius 3 is 2.75 bits per heavy atom. The summed E-state index contributed by atoms with van der Waals surface area (Å²) in [5.41, 5.74) is 6.15. The normalized spacial score (nSPS) is 11.3. The summed E-state index contributed by atoms with van der Waals surface area (Å²) >= 11 is 6.76. The fraction of sp³-hybridized carbons (Fsp3) is 0.222. The quantitative estimate of drug-likeness (QED) is 0.336. The molecule has 0 bridgehead atoms. The minimum Gasteiger partial charge on any atom is -0.495 e. The van der Waals surface area contributed by atoms with Gasteiger partial charge in [0, 0.05) is 10.5 Å². The Balaban J connectivity index is 2.87. The lowest BCUT2D eigenvalue weighted by atomic mass is 10.3. The summed E-state index contributed by atoms with van der Waals surface area (Å²) in [6.45, 7) is 0.250. The third kappa shape index (κ3) is 3.28. The number of hydrogen-bond acceptors (Lipinski definition) is 4. The fourth-order valence-electron chi connectivity index (χ4n) is 1.04. The number of nitrogens with one attached hydrogen (secondary N) is 1. The summed E-state index contributed by atoms with van der Waals surface area (Å²) in [5.74, 6) is 0.805. The van der Waals surface area contributed by atoms with Crippen molar-refractivity contribution in [2.75, 3.05) is 19.0 Å². The van der Waals surface area contributed by atoms with Gasteiger partial charge < -0.3 is 21.0 Å². The molecule has 0 atom stereocenters. The molecule has 0 aromatic heterocycles. The second kappa shape index (κ2) is 5.95. The highest BCUT2D eigenvalue weighted by molar-refractivity contribution is 9.11. The van der Waals surface area contributed by atoms with Gasteiger partial charge in [-0.15, -0.1) is 0 Å². The highest BCUT2D eigenvalue weighted by atomic mass is 79.9. The molecule has 88 valence electrons. The minimum atomic E-state index is 0.105. The number of anilines is 1. The van der Waals surface area contributed by atoms with Crippen molar-refractivity contribution in [3.8, 4) is 5.75 Å². The molecule has 5 nitrogen and oxygen atoms in total. The molecule has 0 saturated heterocycles. The first-order valence-electron chi connectivity index (χ1n) is 4.31. The molecule has 1 rings (SSSR count). The maximum atomic E-state index is 8.41. The molecule has 0 unspecified atom stereocenters. The molecule has 0 heterocycles. The van der Waals surface area contributed by atoms with E-state index in [0.717, 1.165) is 14.6 Å². The highest BCUT2D eigenvalue weighted by Gasteiger charge is 2.07. The lowest BCUT2D eigenvalue weighted by Crippen LogP contribution is -2.22. The van der Waals surface area contributed by atoms with Crippen LogP contribution in [0.3, 0.4) is 0 Å². The summed E-state index contributed by atoms with van der Waals surface area (Å²) in [6.07, 6.45) is 0. The van der Waals surface area contributed by atoms with Gasteiger partial charge in [0.25, 0.3) is 0 Å². The molecule has 0 aliphatic carbocycles. The van der Waals surface area contributed by atoms with Gasteiger partial charge in [0.2, 0.25) is 0 Å². The Morgan fingerprint density at radius 1 is 1.50 bits per heavy atom. The molecule has 0 amide bonds. The van der Waals surface area contributed by atoms with Crippen LogP contribution in [0, 0.1) is 0 Å². The number of oxime groups is 1. The number of nitrogens with zero attached hydrogens (tertiary/aromatic N) is 1. The summed E-state index contributed by atoms with van der Waals surface area (Å²) < 4.78 is 6.85. The van der Waals surface area contributed by atoms with Crippen LogP contribution in [0.2, 0.25) is 0 Å². The van der Waals surface area contributed by atoms with E-state index in [1.54, 1.807) is 13.2 Å². The predicted molar refractivity (Wildman–Crippen MR) is 70.3 cm³/mol. The zero-order valence-corrected chi connectivity index (χ0v) is 11.7. The number of amidine groups is 1. The van der Waals surface area contributed by atoms with Crippen molar-refractivity contribution in [1.29, 1.82) is 0 Å². The van der Waals surface area contributed by atoms with E-state index in [9.17, 15) is 0 Å². The first kappa shape index (κ1) is 13.1. The van der Waals surface area contributed by atoms with Crippen LogP contribution in [0.4, 0.5) is 5.69 Å². The molecule has 16 heavy (non-hydrogen) atoms. The summed E-state index contributed by atoms with van der Waals surface area (Å²) in [6, 6.07) is 3.66. The van der Waals surface area contributed by atoms with E-state index in [1.807, 2.05) is 6.07 Å². The second-order valence-corrected chi connectivity index (χ2v) is 4.62. The van der Waals surface area contributed by atoms with Crippen LogP contribution in [-0.2, 0) is 0 Å². The monoisotopic (exact) mass is 351 g/mol. The maximum absolute atomic E-state index is 8.41. The lowest BCUT2D eigenvalue weighted by molar-refractivity contribution is 0.317. The molecule has 0 spiro atoms. The molecule has 0 aliphatic rings. The zero-order chi connectivity index (χ0) is 12.1. The van der Waals surface area contributed by atoms with Crippen LogP contribution in [-0.4, -0.2) is 24.7 Å². The first-order valence-corrected chi connectivity index (χ1v) is 5.90. The number of methoxy groups -OCH3 is 1. The van der Waals surface area contributed by atoms with Crippen LogP contribution in [0.25, 0.3) is 0 Å². The lowest BCUT2D eigenvalue weighted by Gasteiger charge is -2.11. The van der Waals surface area contributed by atoms with Crippen LogP contribution >= 0.6 is 31.9 Å². The highest BCUT2D eigenvalue weighted by Crippen LogP contribution is 2.34. The molecule has 1 aromatic carbocycles. The second-order valence-electron chi connectivity index (χ2n) is 2.91. The van der Waals surface area contributed by atoms with Crippen molar-refractivity contribution in [3.05, 3.63) is 21.1 Å². The third-order valence-corrected chi connectivity index (χ3v) is 3.11. The maximum Gasteiger partial charge on any atom is 0.158 e. The van der Waals surface area contributed by atoms with E-state index in [4.69, 9.17) is 15.7 Å². The Kier molecular flexibility index (Phi) is 4.88. The van der Waals surface area contributed by atoms with Gasteiger partial charge in [-0.25, -0.2) is 0 Å². The van der Waals surface area contributed by atoms with Crippen molar-refractivity contribution in [1.82, 2.24) is 0 Å². The van der Waals surface area contributed by atoms with Gasteiger partial charge in [-0.05, 0) is 37.9 Å². The smallest absolute Gasteiger partial charge is 0.158 e. The van der Waals surface area contributed by atoms with E-state index in [0.29, 0.717) is 5.75 Å². The van der Waals surface area contributed by atoms with Gasteiger partial charge >= 0.3 is 0 Å². The average Bonchev–Trinajstić information content (AvgIpc) is 2.27. The van der Waals surface area contributed by atoms with Gasteiger partial charge in [0.1, 0.15) is 5.75 Å². The number of rotatable bonds is 4. The SMILES string of the molecule is COc1cc(NC/C(N)=N/O)c(Br)cc1Br. The van der Waals surface area contributed by atoms with Gasteiger partial charge in [-0.2, -0.15) is 0 Å². The Labute approximate surface area is 110 Å². The number of ether oxygens (including phenoxy) is 1. The van der Waals surface area contributed by atoms with Crippen molar-refractivity contribution in [2.45, 2.75) is 0 Å². The average molecular weight is 353 g/mol. The van der Waals surface area contributed by atoms with Crippen molar-refractivity contribution >= 4 is 43.4 Å². The van der Waals surface area contributed by atoms with E-state index in [2.05, 4.69) is 42.3 Å². The summed E-state index contributed by atoms with van der Waals surface area (Å²) in [5, 5.41) is 14.3. The molecular weight excluding hydrogens is 342 g/mol. The fourth-order valence-corrected chi connectivity index (χ4v) is 2.34. The van der Waals surface area contributed by atoms with E-state index < -0.39 is 0 Å². The molecule has 1 aromatic rings. The van der Waals surface area contributed by atoms with Crippen LogP contribution in [0.5, 0.6) is 5.75 Å². The van der Waals surface area contributed by atoms with Gasteiger partial charge in [-0.1, -0.05) is 5.16 Å². The molecule has 0 aliphatic heterocycles. The van der Waals surface area contributed by atoms with Crippen LogP contribution in [0.1, 0.15) is 0 Å². The number of hydrogen-bond donors (Lipinski definition) is 3. The summed E-state index contributed by atoms with van der Waals surface area (Å²) in [4.78, 5) is 0. The molecule has 0 radical (unpaired) electrons. The minimum absolute atomic E-state index is 0.105. The number of halogens is 2. The van der Waals surface area contributed by atoms with E-state index in [1.165, 1.54) is 0 Å². The van der Waals surface area contributed by atoms with E-state index >= 15 is 0 Å². The zero-order valence-electron chi connectivity index (χ0n) is 8.50. The molecule has 0 fully saturated rings. The Hall–Kier alpha value is -0.950. The topological polar surface area (TPSA) is 79.9 Å². The number of benzene rings is 1. The Morgan fingerprint density at radius 2 is 2.19 bits per heavy atom. The van der Waals surface area contributed by atoms with Crippen LogP contribution < -0.4 is 15.8 Å². The van der Waals surface area contributed by atoms with Crippen LogP contribution in [0.15, 0.2) is 26.2 Å². The van der Waals surface area contributed by atoms with Gasteiger partial charge in [-0.3, -0.25) is 0 Å². The van der Waals surface area contributed by atoms with Crippen molar-refractivity contribution in [3.63, 3.8) is 0 Å². The van der Waals surface area contributed by atoms with Gasteiger partial charge in [0.15, 0.2) is 5.84 Å². The molecule has 4 N–H and O–H groups in total. The predicted octanol–water partition coefficient (Wildman–Crippen LogP) is 2.38. The largest absolute Gasteiger partial charge is 0.495 e. The molecule has 0 saturated carbocycles. The summed E-state index contributed by atoms with van der Waals surface area (Å²) in [7, 11) is 1.58.